The summed E-state index contributed by atoms with van der Waals surface area (Å²) in [5.41, 5.74) is -0.106. The average Bonchev–Trinajstić information content (AvgIpc) is 2.44. The number of ether oxygens (including phenoxy) is 1. The van der Waals surface area contributed by atoms with Crippen LogP contribution in [0.15, 0.2) is 30.3 Å². The first kappa shape index (κ1) is 16.0. The highest BCUT2D eigenvalue weighted by molar-refractivity contribution is 5.82. The zero-order valence-corrected chi connectivity index (χ0v) is 12.0. The maximum atomic E-state index is 12.2. The summed E-state index contributed by atoms with van der Waals surface area (Å²) in [7, 11) is 0. The number of ketones is 1. The summed E-state index contributed by atoms with van der Waals surface area (Å²) < 4.78 is 5.11. The van der Waals surface area contributed by atoms with E-state index in [9.17, 15) is 9.59 Å². The third-order valence-electron chi connectivity index (χ3n) is 3.20. The monoisotopic (exact) mass is 272 g/mol. The minimum Gasteiger partial charge on any atom is -0.465 e. The van der Waals surface area contributed by atoms with E-state index in [2.05, 4.69) is 5.92 Å². The molecule has 0 spiro atoms. The van der Waals surface area contributed by atoms with E-state index in [-0.39, 0.29) is 18.8 Å². The van der Waals surface area contributed by atoms with Crippen molar-refractivity contribution in [3.63, 3.8) is 0 Å². The van der Waals surface area contributed by atoms with Gasteiger partial charge in [0.05, 0.1) is 6.61 Å². The van der Waals surface area contributed by atoms with E-state index in [1.165, 1.54) is 6.92 Å². The van der Waals surface area contributed by atoms with Crippen molar-refractivity contribution in [1.82, 2.24) is 0 Å². The zero-order chi connectivity index (χ0) is 15.0. The maximum Gasteiger partial charge on any atom is 0.324 e. The molecule has 3 heteroatoms. The summed E-state index contributed by atoms with van der Waals surface area (Å²) in [5.74, 6) is 2.17. The van der Waals surface area contributed by atoms with Gasteiger partial charge in [-0.15, -0.1) is 6.42 Å². The van der Waals surface area contributed by atoms with Crippen molar-refractivity contribution in [3.8, 4) is 12.3 Å². The molecule has 0 saturated carbocycles. The Bertz CT molecular complexity index is 499. The molecule has 1 aromatic rings. The molecule has 0 heterocycles. The van der Waals surface area contributed by atoms with Crippen LogP contribution in [0, 0.1) is 17.8 Å². The molecule has 0 saturated heterocycles. The molecule has 0 aromatic heterocycles. The Balaban J connectivity index is 3.01. The van der Waals surface area contributed by atoms with Gasteiger partial charge in [0, 0.05) is 6.42 Å². The highest BCUT2D eigenvalue weighted by Crippen LogP contribution is 2.30. The van der Waals surface area contributed by atoms with Crippen molar-refractivity contribution < 1.29 is 14.3 Å². The molecule has 1 rings (SSSR count). The molecular formula is C17H20O3. The van der Waals surface area contributed by atoms with E-state index < -0.39 is 11.4 Å². The van der Waals surface area contributed by atoms with Gasteiger partial charge in [-0.1, -0.05) is 36.3 Å². The Morgan fingerprint density at radius 2 is 1.95 bits per heavy atom. The molecule has 0 aliphatic carbocycles. The van der Waals surface area contributed by atoms with Gasteiger partial charge in [0.15, 0.2) is 0 Å². The molecule has 0 bridgehead atoms. The Labute approximate surface area is 120 Å². The first-order valence-corrected chi connectivity index (χ1v) is 6.72. The number of carbonyl (C=O) groups excluding carboxylic acids is 2. The van der Waals surface area contributed by atoms with Gasteiger partial charge < -0.3 is 9.53 Å². The highest BCUT2D eigenvalue weighted by Gasteiger charge is 2.38. The van der Waals surface area contributed by atoms with Crippen LogP contribution in [-0.2, 0) is 20.7 Å². The van der Waals surface area contributed by atoms with Crippen LogP contribution in [0.5, 0.6) is 0 Å². The van der Waals surface area contributed by atoms with Crippen LogP contribution in [-0.4, -0.2) is 18.4 Å². The Morgan fingerprint density at radius 3 is 2.45 bits per heavy atom. The zero-order valence-electron chi connectivity index (χ0n) is 12.0. The predicted molar refractivity (Wildman–Crippen MR) is 78.0 cm³/mol. The van der Waals surface area contributed by atoms with Gasteiger partial charge in [-0.25, -0.2) is 0 Å². The van der Waals surface area contributed by atoms with Gasteiger partial charge in [0.25, 0.3) is 0 Å². The van der Waals surface area contributed by atoms with Crippen molar-refractivity contribution in [2.45, 2.75) is 33.1 Å². The van der Waals surface area contributed by atoms with Crippen molar-refractivity contribution in [2.75, 3.05) is 6.61 Å². The Hall–Kier alpha value is -2.08. The molecule has 1 atom stereocenters. The van der Waals surface area contributed by atoms with E-state index in [1.54, 1.807) is 6.92 Å². The van der Waals surface area contributed by atoms with Crippen LogP contribution in [0.3, 0.4) is 0 Å². The maximum absolute atomic E-state index is 12.2. The summed E-state index contributed by atoms with van der Waals surface area (Å²) in [5, 5.41) is 0. The molecule has 0 aliphatic heterocycles. The second kappa shape index (κ2) is 7.49. The lowest BCUT2D eigenvalue weighted by molar-refractivity contribution is -0.152. The largest absolute Gasteiger partial charge is 0.465 e. The van der Waals surface area contributed by atoms with Gasteiger partial charge in [-0.3, -0.25) is 4.79 Å². The topological polar surface area (TPSA) is 43.4 Å². The molecule has 0 radical (unpaired) electrons. The number of hydrogen-bond acceptors (Lipinski definition) is 3. The first-order valence-electron chi connectivity index (χ1n) is 6.72. The molecule has 1 aromatic carbocycles. The fraction of sp³-hybridized carbons (Fsp3) is 0.412. The molecule has 20 heavy (non-hydrogen) atoms. The minimum absolute atomic E-state index is 0.0157. The number of benzene rings is 1. The number of terminal acetylenes is 1. The predicted octanol–water partition coefficient (Wildman–Crippen LogP) is 2.78. The molecule has 3 nitrogen and oxygen atoms in total. The molecule has 106 valence electrons. The lowest BCUT2D eigenvalue weighted by atomic mass is 9.78. The lowest BCUT2D eigenvalue weighted by Gasteiger charge is -2.26. The fourth-order valence-corrected chi connectivity index (χ4v) is 2.05. The van der Waals surface area contributed by atoms with Crippen molar-refractivity contribution >= 4 is 11.8 Å². The van der Waals surface area contributed by atoms with Crippen molar-refractivity contribution in [1.29, 1.82) is 0 Å². The van der Waals surface area contributed by atoms with Gasteiger partial charge in [0.1, 0.15) is 11.2 Å². The number of Topliss-reactive ketones (excluding diaryl/α,β-unsaturated/α-hetero) is 1. The van der Waals surface area contributed by atoms with Gasteiger partial charge in [0.2, 0.25) is 0 Å². The van der Waals surface area contributed by atoms with Crippen LogP contribution < -0.4 is 0 Å². The van der Waals surface area contributed by atoms with Gasteiger partial charge >= 0.3 is 5.97 Å². The van der Waals surface area contributed by atoms with E-state index in [4.69, 9.17) is 11.2 Å². The van der Waals surface area contributed by atoms with Gasteiger partial charge in [-0.05, 0) is 32.3 Å². The second-order valence-corrected chi connectivity index (χ2v) is 4.81. The van der Waals surface area contributed by atoms with E-state index in [0.29, 0.717) is 12.8 Å². The summed E-state index contributed by atoms with van der Waals surface area (Å²) in [6, 6.07) is 9.53. The number of hydrogen-bond donors (Lipinski definition) is 0. The number of carbonyl (C=O) groups is 2. The Morgan fingerprint density at radius 1 is 1.30 bits per heavy atom. The summed E-state index contributed by atoms with van der Waals surface area (Å²) in [4.78, 5) is 23.5. The van der Waals surface area contributed by atoms with Crippen molar-refractivity contribution in [3.05, 3.63) is 35.9 Å². The van der Waals surface area contributed by atoms with Crippen molar-refractivity contribution in [2.24, 2.45) is 5.41 Å². The summed E-state index contributed by atoms with van der Waals surface area (Å²) >= 11 is 0. The van der Waals surface area contributed by atoms with E-state index in [0.717, 1.165) is 5.56 Å². The normalized spacial score (nSPS) is 13.1. The minimum atomic E-state index is -1.07. The Kier molecular flexibility index (Phi) is 5.99. The van der Waals surface area contributed by atoms with Crippen LogP contribution in [0.2, 0.25) is 0 Å². The number of esters is 1. The molecule has 0 N–H and O–H groups in total. The molecule has 1 unspecified atom stereocenters. The fourth-order valence-electron chi connectivity index (χ4n) is 2.05. The average molecular weight is 272 g/mol. The van der Waals surface area contributed by atoms with Crippen LogP contribution in [0.4, 0.5) is 0 Å². The quantitative estimate of drug-likeness (QED) is 0.566. The molecule has 0 amide bonds. The number of rotatable bonds is 7. The van der Waals surface area contributed by atoms with E-state index in [1.807, 2.05) is 30.3 Å². The van der Waals surface area contributed by atoms with Crippen LogP contribution >= 0.6 is 0 Å². The molecular weight excluding hydrogens is 252 g/mol. The van der Waals surface area contributed by atoms with Gasteiger partial charge in [-0.2, -0.15) is 0 Å². The third-order valence-corrected chi connectivity index (χ3v) is 3.20. The summed E-state index contributed by atoms with van der Waals surface area (Å²) in [6.07, 6.45) is 6.58. The SMILES string of the molecule is C#CC(CCC(C)=O)(Cc1ccccc1)C(=O)OCC. The van der Waals surface area contributed by atoms with Crippen LogP contribution in [0.1, 0.15) is 32.3 Å². The standard InChI is InChI=1S/C17H20O3/c1-4-17(12-11-14(3)18,16(19)20-5-2)13-15-9-7-6-8-10-15/h1,6-10H,5,11-13H2,2-3H3. The van der Waals surface area contributed by atoms with E-state index >= 15 is 0 Å². The molecule has 0 aliphatic rings. The highest BCUT2D eigenvalue weighted by atomic mass is 16.5. The first-order chi connectivity index (χ1) is 9.54. The molecule has 0 fully saturated rings. The summed E-state index contributed by atoms with van der Waals surface area (Å²) in [6.45, 7) is 3.51. The smallest absolute Gasteiger partial charge is 0.324 e. The third kappa shape index (κ3) is 4.24. The lowest BCUT2D eigenvalue weighted by Crippen LogP contribution is -2.34. The second-order valence-electron chi connectivity index (χ2n) is 4.81. The van der Waals surface area contributed by atoms with Crippen LogP contribution in [0.25, 0.3) is 0 Å².